The zero-order chi connectivity index (χ0) is 13.7. The zero-order valence-electron chi connectivity index (χ0n) is 12.1. The Morgan fingerprint density at radius 1 is 1.21 bits per heavy atom. The quantitative estimate of drug-likeness (QED) is 0.680. The van der Waals surface area contributed by atoms with Gasteiger partial charge in [0, 0.05) is 12.3 Å². The molecular formula is C14H17N2O2Rb. The molecular weight excluding hydrogens is 314 g/mol. The molecule has 0 aliphatic carbocycles. The molecule has 19 heavy (non-hydrogen) atoms. The number of H-pyrrole nitrogens is 1. The number of nitrogens with one attached hydrogen (secondary N) is 1. The summed E-state index contributed by atoms with van der Waals surface area (Å²) in [5, 5.41) is 0. The molecule has 2 rings (SSSR count). The third-order valence-corrected chi connectivity index (χ3v) is 2.49. The van der Waals surface area contributed by atoms with Crippen LogP contribution in [-0.2, 0) is 0 Å². The van der Waals surface area contributed by atoms with Gasteiger partial charge in [0.25, 0.3) is 5.56 Å². The molecule has 1 aromatic carbocycles. The minimum Gasteiger partial charge on any atom is -0.324 e. The molecule has 0 aliphatic rings. The normalized spacial score (nSPS) is 9.05. The van der Waals surface area contributed by atoms with Crippen LogP contribution in [0.5, 0.6) is 0 Å². The number of aromatic amines is 1. The van der Waals surface area contributed by atoms with Gasteiger partial charge in [-0.1, -0.05) is 33.4 Å². The van der Waals surface area contributed by atoms with E-state index in [0.29, 0.717) is 5.69 Å². The Bertz CT molecular complexity index is 644. The summed E-state index contributed by atoms with van der Waals surface area (Å²) in [6, 6.07) is 7.98. The van der Waals surface area contributed by atoms with Gasteiger partial charge in [-0.05, 0) is 0 Å². The SMILES string of the molecule is CC.Cc1[c-]cc(-n2ccc(=O)[nH]c2=O)cc1C.[Rb+]. The van der Waals surface area contributed by atoms with Crippen molar-refractivity contribution in [3.8, 4) is 5.69 Å². The number of aromatic nitrogens is 2. The summed E-state index contributed by atoms with van der Waals surface area (Å²) in [7, 11) is 0. The maximum absolute atomic E-state index is 11.5. The van der Waals surface area contributed by atoms with Gasteiger partial charge in [-0.3, -0.25) is 9.78 Å². The van der Waals surface area contributed by atoms with Crippen molar-refractivity contribution in [1.29, 1.82) is 0 Å². The molecule has 0 unspecified atom stereocenters. The van der Waals surface area contributed by atoms with Crippen molar-refractivity contribution in [2.45, 2.75) is 27.7 Å². The van der Waals surface area contributed by atoms with Gasteiger partial charge in [0.2, 0.25) is 0 Å². The van der Waals surface area contributed by atoms with Crippen LogP contribution < -0.4 is 69.4 Å². The largest absolute Gasteiger partial charge is 1.00 e. The molecule has 0 saturated heterocycles. The maximum Gasteiger partial charge on any atom is 1.00 e. The summed E-state index contributed by atoms with van der Waals surface area (Å²) in [6.45, 7) is 7.90. The smallest absolute Gasteiger partial charge is 0.324 e. The third kappa shape index (κ3) is 4.95. The van der Waals surface area contributed by atoms with E-state index in [0.717, 1.165) is 11.1 Å². The van der Waals surface area contributed by atoms with Crippen LogP contribution in [0.25, 0.3) is 5.69 Å². The van der Waals surface area contributed by atoms with E-state index in [1.54, 1.807) is 6.07 Å². The molecule has 0 saturated carbocycles. The van der Waals surface area contributed by atoms with Gasteiger partial charge in [0.05, 0.1) is 0 Å². The third-order valence-electron chi connectivity index (χ3n) is 2.49. The van der Waals surface area contributed by atoms with Crippen molar-refractivity contribution in [2.24, 2.45) is 0 Å². The van der Waals surface area contributed by atoms with E-state index in [4.69, 9.17) is 0 Å². The number of aryl methyl sites for hydroxylation is 2. The van der Waals surface area contributed by atoms with Crippen molar-refractivity contribution in [1.82, 2.24) is 9.55 Å². The Morgan fingerprint density at radius 3 is 2.37 bits per heavy atom. The topological polar surface area (TPSA) is 54.9 Å². The molecule has 4 nitrogen and oxygen atoms in total. The van der Waals surface area contributed by atoms with Gasteiger partial charge in [0.1, 0.15) is 0 Å². The van der Waals surface area contributed by atoms with E-state index in [2.05, 4.69) is 11.1 Å². The van der Waals surface area contributed by atoms with Gasteiger partial charge in [-0.25, -0.2) is 4.79 Å². The number of benzene rings is 1. The van der Waals surface area contributed by atoms with E-state index in [1.807, 2.05) is 33.8 Å². The molecule has 0 aliphatic heterocycles. The molecule has 1 aromatic heterocycles. The number of nitrogens with zero attached hydrogens (tertiary/aromatic N) is 1. The molecule has 1 heterocycles. The first kappa shape index (κ1) is 18.7. The first-order chi connectivity index (χ1) is 8.58. The Labute approximate surface area is 161 Å². The van der Waals surface area contributed by atoms with Crippen LogP contribution in [0.4, 0.5) is 0 Å². The summed E-state index contributed by atoms with van der Waals surface area (Å²) in [6.07, 6.45) is 1.46. The second-order valence-electron chi connectivity index (χ2n) is 3.65. The summed E-state index contributed by atoms with van der Waals surface area (Å²) in [5.41, 5.74) is 1.96. The Balaban J connectivity index is 0.00000103. The molecule has 5 heteroatoms. The number of hydrogen-bond donors (Lipinski definition) is 1. The van der Waals surface area contributed by atoms with Crippen LogP contribution in [0, 0.1) is 19.9 Å². The van der Waals surface area contributed by atoms with Gasteiger partial charge < -0.3 is 4.57 Å². The minimum atomic E-state index is -0.441. The first-order valence-electron chi connectivity index (χ1n) is 5.89. The molecule has 96 valence electrons. The second kappa shape index (κ2) is 8.79. The average Bonchev–Trinajstić information content (AvgIpc) is 2.35. The van der Waals surface area contributed by atoms with E-state index >= 15 is 0 Å². The molecule has 0 amide bonds. The van der Waals surface area contributed by atoms with Crippen molar-refractivity contribution >= 4 is 0 Å². The molecule has 0 bridgehead atoms. The Hall–Kier alpha value is -0.295. The van der Waals surface area contributed by atoms with Crippen molar-refractivity contribution in [3.63, 3.8) is 0 Å². The summed E-state index contributed by atoms with van der Waals surface area (Å²) < 4.78 is 1.38. The summed E-state index contributed by atoms with van der Waals surface area (Å²) in [5.74, 6) is 0. The fourth-order valence-corrected chi connectivity index (χ4v) is 1.43. The average molecular weight is 331 g/mol. The molecule has 0 fully saturated rings. The molecule has 0 radical (unpaired) electrons. The fourth-order valence-electron chi connectivity index (χ4n) is 1.43. The predicted molar refractivity (Wildman–Crippen MR) is 72.3 cm³/mol. The van der Waals surface area contributed by atoms with Gasteiger partial charge in [-0.2, -0.15) is 23.3 Å². The molecule has 0 atom stereocenters. The standard InChI is InChI=1S/C12H11N2O2.C2H6.Rb/c1-8-3-4-10(7-9(8)2)14-6-5-11(15)13-12(14)16;1-2;/h4-7H,1-2H3,(H,13,15,16);1-2H3;/q-1;;+1. The summed E-state index contributed by atoms with van der Waals surface area (Å²) >= 11 is 0. The van der Waals surface area contributed by atoms with E-state index in [1.165, 1.54) is 16.8 Å². The minimum absolute atomic E-state index is 0. The fraction of sp³-hybridized carbons (Fsp3) is 0.286. The molecule has 1 N–H and O–H groups in total. The summed E-state index contributed by atoms with van der Waals surface area (Å²) in [4.78, 5) is 24.7. The Morgan fingerprint density at radius 2 is 1.84 bits per heavy atom. The molecule has 2 aromatic rings. The second-order valence-corrected chi connectivity index (χ2v) is 3.65. The zero-order valence-corrected chi connectivity index (χ0v) is 17.0. The van der Waals surface area contributed by atoms with E-state index in [9.17, 15) is 9.59 Å². The van der Waals surface area contributed by atoms with Gasteiger partial charge >= 0.3 is 63.9 Å². The monoisotopic (exact) mass is 330 g/mol. The van der Waals surface area contributed by atoms with Crippen molar-refractivity contribution in [2.75, 3.05) is 0 Å². The van der Waals surface area contributed by atoms with Crippen LogP contribution in [0.2, 0.25) is 0 Å². The predicted octanol–water partition coefficient (Wildman–Crippen LogP) is -1.03. The van der Waals surface area contributed by atoms with Crippen LogP contribution in [-0.4, -0.2) is 9.55 Å². The van der Waals surface area contributed by atoms with Crippen LogP contribution in [0.3, 0.4) is 0 Å². The van der Waals surface area contributed by atoms with Crippen LogP contribution in [0.15, 0.2) is 34.0 Å². The van der Waals surface area contributed by atoms with Crippen molar-refractivity contribution in [3.05, 3.63) is 62.4 Å². The van der Waals surface area contributed by atoms with Gasteiger partial charge in [0.15, 0.2) is 0 Å². The van der Waals surface area contributed by atoms with Crippen LogP contribution >= 0.6 is 0 Å². The van der Waals surface area contributed by atoms with E-state index < -0.39 is 11.2 Å². The number of rotatable bonds is 1. The van der Waals surface area contributed by atoms with E-state index in [-0.39, 0.29) is 58.2 Å². The first-order valence-corrected chi connectivity index (χ1v) is 5.89. The Kier molecular flexibility index (Phi) is 8.66. The maximum atomic E-state index is 11.5. The number of hydrogen-bond acceptors (Lipinski definition) is 2. The van der Waals surface area contributed by atoms with Gasteiger partial charge in [-0.15, -0.1) is 6.07 Å². The molecule has 0 spiro atoms. The van der Waals surface area contributed by atoms with Crippen LogP contribution in [0.1, 0.15) is 25.0 Å². The van der Waals surface area contributed by atoms with Crippen molar-refractivity contribution < 1.29 is 58.2 Å².